The number of ether oxygens (including phenoxy) is 1. The lowest BCUT2D eigenvalue weighted by Crippen LogP contribution is -1.92. The Labute approximate surface area is 63.6 Å². The maximum Gasteiger partial charge on any atom is 0.311 e. The Morgan fingerprint density at radius 1 is 1.73 bits per heavy atom. The van der Waals surface area contributed by atoms with E-state index >= 15 is 0 Å². The van der Waals surface area contributed by atoms with Crippen molar-refractivity contribution in [1.29, 1.82) is 0 Å². The number of hydrogen-bond acceptors (Lipinski definition) is 3. The van der Waals surface area contributed by atoms with Crippen LogP contribution < -0.4 is 4.74 Å². The fourth-order valence-corrected chi connectivity index (χ4v) is 0.723. The molecule has 0 heterocycles. The van der Waals surface area contributed by atoms with Gasteiger partial charge in [-0.05, 0) is 12.1 Å². The predicted molar refractivity (Wildman–Crippen MR) is 38.5 cm³/mol. The van der Waals surface area contributed by atoms with Gasteiger partial charge in [-0.15, -0.1) is 0 Å². The molecule has 0 aromatic heterocycles. The van der Waals surface area contributed by atoms with E-state index in [1.165, 1.54) is 19.2 Å². The van der Waals surface area contributed by atoms with Gasteiger partial charge in [-0.1, -0.05) is 6.07 Å². The van der Waals surface area contributed by atoms with E-state index in [-0.39, 0.29) is 11.4 Å². The summed E-state index contributed by atoms with van der Waals surface area (Å²) in [6.45, 7) is 0. The Hall–Kier alpha value is -1.58. The highest BCUT2D eigenvalue weighted by Crippen LogP contribution is 2.24. The van der Waals surface area contributed by atoms with Gasteiger partial charge in [0.25, 0.3) is 0 Å². The molecular weight excluding hydrogens is 146 g/mol. The smallest absolute Gasteiger partial charge is 0.311 e. The maximum atomic E-state index is 10.3. The van der Waals surface area contributed by atoms with Crippen LogP contribution in [0.4, 0.5) is 5.69 Å². The van der Waals surface area contributed by atoms with E-state index in [9.17, 15) is 10.1 Å². The molecule has 0 bridgehead atoms. The Balaban J connectivity index is 3.12. The van der Waals surface area contributed by atoms with Gasteiger partial charge in [0.1, 0.15) is 0 Å². The van der Waals surface area contributed by atoms with Gasteiger partial charge < -0.3 is 4.74 Å². The van der Waals surface area contributed by atoms with Crippen molar-refractivity contribution >= 4 is 5.69 Å². The van der Waals surface area contributed by atoms with Crippen molar-refractivity contribution in [3.63, 3.8) is 0 Å². The minimum atomic E-state index is -0.505. The molecule has 0 amide bonds. The quantitative estimate of drug-likeness (QED) is 0.475. The van der Waals surface area contributed by atoms with Crippen LogP contribution in [0.25, 0.3) is 0 Å². The van der Waals surface area contributed by atoms with E-state index in [4.69, 9.17) is 4.74 Å². The van der Waals surface area contributed by atoms with Crippen molar-refractivity contribution in [3.8, 4) is 5.75 Å². The van der Waals surface area contributed by atoms with Crippen molar-refractivity contribution in [2.45, 2.75) is 0 Å². The number of hydrogen-bond donors (Lipinski definition) is 0. The van der Waals surface area contributed by atoms with Crippen molar-refractivity contribution in [3.05, 3.63) is 34.4 Å². The monoisotopic (exact) mass is 152 g/mol. The lowest BCUT2D eigenvalue weighted by molar-refractivity contribution is -0.385. The summed E-state index contributed by atoms with van der Waals surface area (Å²) >= 11 is 0. The highest BCUT2D eigenvalue weighted by Gasteiger charge is 2.11. The number of nitro benzene ring substituents is 1. The van der Waals surface area contributed by atoms with Crippen molar-refractivity contribution < 1.29 is 9.66 Å². The molecule has 1 radical (unpaired) electrons. The second-order valence-electron chi connectivity index (χ2n) is 1.86. The molecule has 0 N–H and O–H groups in total. The largest absolute Gasteiger partial charge is 0.490 e. The average molecular weight is 152 g/mol. The summed E-state index contributed by atoms with van der Waals surface area (Å²) in [7, 11) is 1.39. The van der Waals surface area contributed by atoms with E-state index in [0.717, 1.165) is 0 Å². The van der Waals surface area contributed by atoms with Crippen LogP contribution in [0.15, 0.2) is 18.2 Å². The number of rotatable bonds is 2. The first-order chi connectivity index (χ1) is 5.25. The summed E-state index contributed by atoms with van der Waals surface area (Å²) < 4.78 is 4.74. The van der Waals surface area contributed by atoms with Crippen LogP contribution in [0.1, 0.15) is 0 Å². The zero-order chi connectivity index (χ0) is 8.27. The molecule has 11 heavy (non-hydrogen) atoms. The van der Waals surface area contributed by atoms with Crippen molar-refractivity contribution in [2.75, 3.05) is 7.11 Å². The molecule has 1 rings (SSSR count). The van der Waals surface area contributed by atoms with Gasteiger partial charge in [-0.2, -0.15) is 0 Å². The fourth-order valence-electron chi connectivity index (χ4n) is 0.723. The summed E-state index contributed by atoms with van der Waals surface area (Å²) in [4.78, 5) is 9.78. The normalized spacial score (nSPS) is 9.18. The molecule has 0 spiro atoms. The second-order valence-corrected chi connectivity index (χ2v) is 1.86. The Morgan fingerprint density at radius 2 is 2.45 bits per heavy atom. The molecule has 0 saturated heterocycles. The molecule has 0 unspecified atom stereocenters. The van der Waals surface area contributed by atoms with Gasteiger partial charge in [0.15, 0.2) is 5.75 Å². The molecule has 57 valence electrons. The third-order valence-corrected chi connectivity index (χ3v) is 1.22. The van der Waals surface area contributed by atoms with Crippen LogP contribution >= 0.6 is 0 Å². The number of benzene rings is 1. The van der Waals surface area contributed by atoms with E-state index in [0.29, 0.717) is 0 Å². The lowest BCUT2D eigenvalue weighted by atomic mass is 10.3. The Kier molecular flexibility index (Phi) is 2.06. The predicted octanol–water partition coefficient (Wildman–Crippen LogP) is 1.40. The number of nitrogens with zero attached hydrogens (tertiary/aromatic N) is 1. The lowest BCUT2D eigenvalue weighted by Gasteiger charge is -1.98. The first-order valence-electron chi connectivity index (χ1n) is 2.94. The molecule has 0 aliphatic rings. The number of nitro groups is 1. The first-order valence-corrected chi connectivity index (χ1v) is 2.94. The molecule has 0 atom stereocenters. The zero-order valence-corrected chi connectivity index (χ0v) is 5.90. The maximum absolute atomic E-state index is 10.3. The van der Waals surface area contributed by atoms with Gasteiger partial charge >= 0.3 is 5.69 Å². The molecular formula is C7H6NO3. The molecule has 0 aliphatic heterocycles. The van der Waals surface area contributed by atoms with Crippen LogP contribution in [-0.2, 0) is 0 Å². The Bertz CT molecular complexity index is 272. The third kappa shape index (κ3) is 1.46. The van der Waals surface area contributed by atoms with Crippen molar-refractivity contribution in [2.24, 2.45) is 0 Å². The summed E-state index contributed by atoms with van der Waals surface area (Å²) in [5.74, 6) is 0.258. The van der Waals surface area contributed by atoms with Crippen LogP contribution in [0, 0.1) is 16.2 Å². The van der Waals surface area contributed by atoms with Gasteiger partial charge in [-0.3, -0.25) is 10.1 Å². The molecule has 0 aliphatic carbocycles. The SMILES string of the molecule is COc1cc[c]cc1[N+](=O)[O-]. The third-order valence-electron chi connectivity index (χ3n) is 1.22. The molecule has 1 aromatic rings. The van der Waals surface area contributed by atoms with E-state index < -0.39 is 4.92 Å². The van der Waals surface area contributed by atoms with Crippen LogP contribution in [-0.4, -0.2) is 12.0 Å². The number of methoxy groups -OCH3 is 1. The summed E-state index contributed by atoms with van der Waals surface area (Å²) in [6, 6.07) is 6.93. The van der Waals surface area contributed by atoms with Crippen LogP contribution in [0.3, 0.4) is 0 Å². The first kappa shape index (κ1) is 7.53. The minimum Gasteiger partial charge on any atom is -0.490 e. The van der Waals surface area contributed by atoms with E-state index in [1.54, 1.807) is 6.07 Å². The van der Waals surface area contributed by atoms with Crippen LogP contribution in [0.5, 0.6) is 5.75 Å². The average Bonchev–Trinajstić information content (AvgIpc) is 2.04. The summed E-state index contributed by atoms with van der Waals surface area (Å²) in [5, 5.41) is 10.3. The highest BCUT2D eigenvalue weighted by atomic mass is 16.6. The van der Waals surface area contributed by atoms with E-state index in [1.807, 2.05) is 0 Å². The van der Waals surface area contributed by atoms with Crippen molar-refractivity contribution in [1.82, 2.24) is 0 Å². The summed E-state index contributed by atoms with van der Waals surface area (Å²) in [5.41, 5.74) is -0.0602. The second kappa shape index (κ2) is 3.01. The molecule has 1 aromatic carbocycles. The van der Waals surface area contributed by atoms with Gasteiger partial charge in [0.05, 0.1) is 12.0 Å². The molecule has 4 nitrogen and oxygen atoms in total. The fraction of sp³-hybridized carbons (Fsp3) is 0.143. The van der Waals surface area contributed by atoms with Gasteiger partial charge in [-0.25, -0.2) is 0 Å². The molecule has 0 fully saturated rings. The summed E-state index contributed by atoms with van der Waals surface area (Å²) in [6.07, 6.45) is 0. The molecule has 4 heteroatoms. The van der Waals surface area contributed by atoms with Gasteiger partial charge in [0.2, 0.25) is 0 Å². The standard InChI is InChI=1S/C7H6NO3/c1-11-7-5-3-2-4-6(7)8(9)10/h3-5H,1H3. The topological polar surface area (TPSA) is 52.4 Å². The highest BCUT2D eigenvalue weighted by molar-refractivity contribution is 5.45. The zero-order valence-electron chi connectivity index (χ0n) is 5.90. The van der Waals surface area contributed by atoms with Gasteiger partial charge in [0, 0.05) is 6.07 Å². The van der Waals surface area contributed by atoms with E-state index in [2.05, 4.69) is 6.07 Å². The minimum absolute atomic E-state index is 0.0602. The molecule has 0 saturated carbocycles. The Morgan fingerprint density at radius 3 is 2.91 bits per heavy atom. The van der Waals surface area contributed by atoms with Crippen LogP contribution in [0.2, 0.25) is 0 Å².